The zero-order valence-corrected chi connectivity index (χ0v) is 65.2. The molecule has 19 heteroatoms. The van der Waals surface area contributed by atoms with Gasteiger partial charge in [0.2, 0.25) is 0 Å². The summed E-state index contributed by atoms with van der Waals surface area (Å²) in [5.41, 5.74) is 0. The van der Waals surface area contributed by atoms with Crippen LogP contribution in [0.25, 0.3) is 0 Å². The van der Waals surface area contributed by atoms with Gasteiger partial charge in [-0.25, -0.2) is 9.13 Å². The Kier molecular flexibility index (Phi) is 68.4. The van der Waals surface area contributed by atoms with Crippen LogP contribution in [0.15, 0.2) is 0 Å². The van der Waals surface area contributed by atoms with E-state index >= 15 is 0 Å². The van der Waals surface area contributed by atoms with E-state index < -0.39 is 97.5 Å². The van der Waals surface area contributed by atoms with Gasteiger partial charge in [0.05, 0.1) is 26.4 Å². The third-order valence-corrected chi connectivity index (χ3v) is 20.5. The molecule has 97 heavy (non-hydrogen) atoms. The van der Waals surface area contributed by atoms with Crippen molar-refractivity contribution in [1.29, 1.82) is 0 Å². The second kappa shape index (κ2) is 69.8. The lowest BCUT2D eigenvalue weighted by atomic mass is 9.99. The number of carbonyl (C=O) groups excluding carboxylic acids is 4. The first-order valence-corrected chi connectivity index (χ1v) is 43.5. The summed E-state index contributed by atoms with van der Waals surface area (Å²) < 4.78 is 68.5. The smallest absolute Gasteiger partial charge is 0.462 e. The molecule has 0 saturated carbocycles. The largest absolute Gasteiger partial charge is 0.472 e. The van der Waals surface area contributed by atoms with Crippen molar-refractivity contribution in [3.8, 4) is 0 Å². The monoisotopic (exact) mass is 1420 g/mol. The molecule has 0 aromatic heterocycles. The Morgan fingerprint density at radius 3 is 0.784 bits per heavy atom. The van der Waals surface area contributed by atoms with Gasteiger partial charge in [0, 0.05) is 25.7 Å². The molecular weight excluding hydrogens is 1270 g/mol. The lowest BCUT2D eigenvalue weighted by Crippen LogP contribution is -2.30. The van der Waals surface area contributed by atoms with Gasteiger partial charge in [-0.15, -0.1) is 0 Å². The summed E-state index contributed by atoms with van der Waals surface area (Å²) in [5.74, 6) is -0.524. The molecule has 0 rings (SSSR count). The fourth-order valence-electron chi connectivity index (χ4n) is 12.0. The second-order valence-corrected chi connectivity index (χ2v) is 31.7. The van der Waals surface area contributed by atoms with Crippen LogP contribution < -0.4 is 0 Å². The summed E-state index contributed by atoms with van der Waals surface area (Å²) >= 11 is 0. The van der Waals surface area contributed by atoms with E-state index in [4.69, 9.17) is 37.0 Å². The van der Waals surface area contributed by atoms with E-state index in [1.54, 1.807) is 0 Å². The van der Waals surface area contributed by atoms with Gasteiger partial charge >= 0.3 is 39.5 Å². The van der Waals surface area contributed by atoms with Crippen molar-refractivity contribution in [2.45, 2.75) is 426 Å². The Morgan fingerprint density at radius 2 is 0.526 bits per heavy atom. The summed E-state index contributed by atoms with van der Waals surface area (Å²) in [6, 6.07) is 0. The summed E-state index contributed by atoms with van der Waals surface area (Å²) in [6.45, 7) is 9.63. The zero-order valence-electron chi connectivity index (χ0n) is 63.4. The summed E-state index contributed by atoms with van der Waals surface area (Å²) in [4.78, 5) is 72.8. The van der Waals surface area contributed by atoms with Crippen molar-refractivity contribution >= 4 is 39.5 Å². The minimum atomic E-state index is -4.96. The average Bonchev–Trinajstić information content (AvgIpc) is 1.23. The van der Waals surface area contributed by atoms with Gasteiger partial charge in [-0.3, -0.25) is 37.3 Å². The fraction of sp³-hybridized carbons (Fsp3) is 0.949. The van der Waals surface area contributed by atoms with Crippen molar-refractivity contribution in [2.75, 3.05) is 39.6 Å². The molecule has 3 unspecified atom stereocenters. The molecule has 0 aromatic rings. The normalized spacial score (nSPS) is 14.2. The van der Waals surface area contributed by atoms with Crippen LogP contribution >= 0.6 is 15.6 Å². The van der Waals surface area contributed by atoms with Gasteiger partial charge in [-0.05, 0) is 37.5 Å². The maximum atomic E-state index is 13.1. The van der Waals surface area contributed by atoms with E-state index in [0.29, 0.717) is 25.7 Å². The fourth-order valence-corrected chi connectivity index (χ4v) is 13.6. The molecule has 0 aromatic carbocycles. The van der Waals surface area contributed by atoms with Crippen molar-refractivity contribution in [3.63, 3.8) is 0 Å². The van der Waals surface area contributed by atoms with Gasteiger partial charge < -0.3 is 33.8 Å². The Hall–Kier alpha value is -1.94. The number of esters is 4. The maximum absolute atomic E-state index is 13.1. The molecule has 0 aliphatic rings. The molecule has 0 heterocycles. The first-order chi connectivity index (χ1) is 46.9. The predicted molar refractivity (Wildman–Crippen MR) is 395 cm³/mol. The Morgan fingerprint density at radius 1 is 0.299 bits per heavy atom. The molecule has 0 saturated heterocycles. The molecule has 6 atom stereocenters. The standard InChI is InChI=1S/C78H152O17P2/c1-7-10-12-14-16-18-20-27-32-36-43-49-55-61-76(81)89-66-73(94-77(82)62-56-50-44-37-33-29-26-24-22-21-23-25-28-31-34-41-47-53-59-71(6)9-3)68-92-96(84,85)90-64-72(79)65-91-97(86,87)93-69-74(95-78(83)63-57-51-45-39-38-40-46-52-58-70(4)5)67-88-75(80)60-54-48-42-35-30-19-17-15-13-11-8-2/h70-74,79H,7-69H2,1-6H3,(H,84,85)(H,86,87)/t71?,72-,73-,74-/m1/s1. The van der Waals surface area contributed by atoms with E-state index in [2.05, 4.69) is 41.5 Å². The number of aliphatic hydroxyl groups is 1. The molecule has 0 spiro atoms. The van der Waals surface area contributed by atoms with Crippen LogP contribution in [0.4, 0.5) is 0 Å². The van der Waals surface area contributed by atoms with Crippen LogP contribution in [0.1, 0.15) is 408 Å². The van der Waals surface area contributed by atoms with Crippen LogP contribution in [0.2, 0.25) is 0 Å². The van der Waals surface area contributed by atoms with Crippen molar-refractivity contribution in [3.05, 3.63) is 0 Å². The number of phosphoric acid groups is 2. The van der Waals surface area contributed by atoms with Gasteiger partial charge in [0.15, 0.2) is 12.2 Å². The van der Waals surface area contributed by atoms with Crippen LogP contribution in [0, 0.1) is 11.8 Å². The predicted octanol–water partition coefficient (Wildman–Crippen LogP) is 23.1. The molecular formula is C78H152O17P2. The minimum Gasteiger partial charge on any atom is -0.462 e. The van der Waals surface area contributed by atoms with E-state index in [1.165, 1.54) is 225 Å². The van der Waals surface area contributed by atoms with Gasteiger partial charge in [-0.2, -0.15) is 0 Å². The van der Waals surface area contributed by atoms with Crippen molar-refractivity contribution in [1.82, 2.24) is 0 Å². The SMILES string of the molecule is CCCCCCCCCCCCCCCC(=O)OC[C@H](COP(=O)(O)OC[C@@H](O)COP(=O)(O)OC[C@@H](COC(=O)CCCCCCCCCCCCC)OC(=O)CCCCCCCCCCC(C)C)OC(=O)CCCCCCCCCCCCCCCCCCCCC(C)CC. The summed E-state index contributed by atoms with van der Waals surface area (Å²) in [5, 5.41) is 10.6. The Bertz CT molecular complexity index is 1870. The highest BCUT2D eigenvalue weighted by atomic mass is 31.2. The summed E-state index contributed by atoms with van der Waals surface area (Å²) in [6.07, 6.45) is 58.3. The lowest BCUT2D eigenvalue weighted by molar-refractivity contribution is -0.161. The topological polar surface area (TPSA) is 237 Å². The Balaban J connectivity index is 5.19. The number of carbonyl (C=O) groups is 4. The quantitative estimate of drug-likeness (QED) is 0.0222. The van der Waals surface area contributed by atoms with E-state index in [-0.39, 0.29) is 25.7 Å². The number of hydrogen-bond donors (Lipinski definition) is 3. The highest BCUT2D eigenvalue weighted by molar-refractivity contribution is 7.47. The first-order valence-electron chi connectivity index (χ1n) is 40.5. The number of ether oxygens (including phenoxy) is 4. The summed E-state index contributed by atoms with van der Waals surface area (Å²) in [7, 11) is -9.91. The lowest BCUT2D eigenvalue weighted by Gasteiger charge is -2.21. The maximum Gasteiger partial charge on any atom is 0.472 e. The number of hydrogen-bond acceptors (Lipinski definition) is 15. The van der Waals surface area contributed by atoms with Crippen LogP contribution in [0.5, 0.6) is 0 Å². The molecule has 0 aliphatic heterocycles. The minimum absolute atomic E-state index is 0.105. The average molecular weight is 1420 g/mol. The second-order valence-electron chi connectivity index (χ2n) is 28.8. The number of phosphoric ester groups is 2. The molecule has 576 valence electrons. The van der Waals surface area contributed by atoms with E-state index in [1.807, 2.05) is 0 Å². The molecule has 17 nitrogen and oxygen atoms in total. The molecule has 0 amide bonds. The number of rotatable bonds is 77. The highest BCUT2D eigenvalue weighted by Crippen LogP contribution is 2.45. The van der Waals surface area contributed by atoms with Crippen LogP contribution in [-0.4, -0.2) is 96.7 Å². The van der Waals surface area contributed by atoms with E-state index in [0.717, 1.165) is 102 Å². The molecule has 0 bridgehead atoms. The third-order valence-electron chi connectivity index (χ3n) is 18.6. The molecule has 0 radical (unpaired) electrons. The van der Waals surface area contributed by atoms with Gasteiger partial charge in [-0.1, -0.05) is 356 Å². The Labute approximate surface area is 594 Å². The third kappa shape index (κ3) is 70.9. The first kappa shape index (κ1) is 95.1. The highest BCUT2D eigenvalue weighted by Gasteiger charge is 2.30. The van der Waals surface area contributed by atoms with Crippen molar-refractivity contribution in [2.24, 2.45) is 11.8 Å². The zero-order chi connectivity index (χ0) is 71.4. The van der Waals surface area contributed by atoms with Gasteiger partial charge in [0.1, 0.15) is 19.3 Å². The number of unbranched alkanes of at least 4 members (excludes halogenated alkanes) is 46. The number of aliphatic hydroxyl groups excluding tert-OH is 1. The molecule has 0 aliphatic carbocycles. The van der Waals surface area contributed by atoms with Crippen LogP contribution in [-0.2, 0) is 65.4 Å². The van der Waals surface area contributed by atoms with Crippen molar-refractivity contribution < 1.29 is 80.2 Å². The van der Waals surface area contributed by atoms with Crippen LogP contribution in [0.3, 0.4) is 0 Å². The van der Waals surface area contributed by atoms with Gasteiger partial charge in [0.25, 0.3) is 0 Å². The molecule has 3 N–H and O–H groups in total. The van der Waals surface area contributed by atoms with E-state index in [9.17, 15) is 43.2 Å². The molecule has 0 fully saturated rings.